The summed E-state index contributed by atoms with van der Waals surface area (Å²) in [6.07, 6.45) is 13.5. The predicted octanol–water partition coefficient (Wildman–Crippen LogP) is 4.60. The van der Waals surface area contributed by atoms with E-state index in [1.54, 1.807) is 0 Å². The molecule has 0 radical (unpaired) electrons. The molecule has 0 saturated carbocycles. The van der Waals surface area contributed by atoms with E-state index in [2.05, 4.69) is 36.3 Å². The van der Waals surface area contributed by atoms with Crippen molar-refractivity contribution in [3.05, 3.63) is 0 Å². The van der Waals surface area contributed by atoms with Gasteiger partial charge in [0.05, 0.1) is 0 Å². The van der Waals surface area contributed by atoms with Gasteiger partial charge in [0.25, 0.3) is 0 Å². The quantitative estimate of drug-likeness (QED) is 0.531. The number of hydrogen-bond donors (Lipinski definition) is 1. The first kappa shape index (κ1) is 18.9. The van der Waals surface area contributed by atoms with E-state index >= 15 is 0 Å². The smallest absolute Gasteiger partial charge is 0.0185 e. The number of unbranched alkanes of at least 4 members (excludes halogenated alkanes) is 6. The molecular weight excluding hydrogens is 258 g/mol. The van der Waals surface area contributed by atoms with Gasteiger partial charge in [-0.2, -0.15) is 5.53 Å². The van der Waals surface area contributed by atoms with E-state index in [1.165, 1.54) is 90.4 Å². The highest BCUT2D eigenvalue weighted by Crippen LogP contribution is 2.17. The van der Waals surface area contributed by atoms with Crippen molar-refractivity contribution in [2.24, 2.45) is 5.92 Å². The zero-order valence-corrected chi connectivity index (χ0v) is 14.9. The molecule has 0 atom stereocenters. The molecule has 1 saturated heterocycles. The third kappa shape index (κ3) is 8.80. The van der Waals surface area contributed by atoms with Crippen molar-refractivity contribution >= 4 is 0 Å². The maximum Gasteiger partial charge on any atom is 0.0185 e. The molecule has 0 aromatic carbocycles. The first-order valence-electron chi connectivity index (χ1n) is 9.56. The summed E-state index contributed by atoms with van der Waals surface area (Å²) in [6, 6.07) is 0. The lowest BCUT2D eigenvalue weighted by Gasteiger charge is -2.41. The van der Waals surface area contributed by atoms with Crippen LogP contribution in [0, 0.1) is 5.92 Å². The standard InChI is InChI=1S/C18H39N3/c1-4-7-10-13-18-16-20(14-11-8-5-2)19-21(17-18)15-12-9-6-3/h18-19H,4-17H2,1-3H3. The van der Waals surface area contributed by atoms with Crippen molar-refractivity contribution in [1.82, 2.24) is 15.6 Å². The highest BCUT2D eigenvalue weighted by atomic mass is 15.8. The van der Waals surface area contributed by atoms with E-state index in [4.69, 9.17) is 0 Å². The van der Waals surface area contributed by atoms with Gasteiger partial charge in [-0.15, -0.1) is 0 Å². The molecule has 126 valence electrons. The maximum absolute atomic E-state index is 3.66. The molecule has 1 aliphatic rings. The van der Waals surface area contributed by atoms with Gasteiger partial charge >= 0.3 is 0 Å². The maximum atomic E-state index is 3.66. The molecule has 0 aliphatic carbocycles. The van der Waals surface area contributed by atoms with Crippen LogP contribution >= 0.6 is 0 Å². The third-order valence-corrected chi connectivity index (χ3v) is 4.52. The first-order chi connectivity index (χ1) is 10.3. The minimum atomic E-state index is 0.862. The van der Waals surface area contributed by atoms with Gasteiger partial charge < -0.3 is 0 Å². The topological polar surface area (TPSA) is 18.5 Å². The first-order valence-corrected chi connectivity index (χ1v) is 9.56. The second kappa shape index (κ2) is 12.4. The van der Waals surface area contributed by atoms with E-state index in [-0.39, 0.29) is 0 Å². The number of nitrogens with one attached hydrogen (secondary N) is 1. The fourth-order valence-corrected chi connectivity index (χ4v) is 3.22. The van der Waals surface area contributed by atoms with Gasteiger partial charge in [-0.1, -0.05) is 65.7 Å². The van der Waals surface area contributed by atoms with Crippen LogP contribution in [-0.2, 0) is 0 Å². The van der Waals surface area contributed by atoms with Crippen LogP contribution in [0.1, 0.15) is 85.0 Å². The number of nitrogens with zero attached hydrogens (tertiary/aromatic N) is 2. The molecule has 0 aromatic heterocycles. The molecule has 0 spiro atoms. The largest absolute Gasteiger partial charge is 0.230 e. The van der Waals surface area contributed by atoms with Gasteiger partial charge in [0.1, 0.15) is 0 Å². The highest BCUT2D eigenvalue weighted by Gasteiger charge is 2.24. The Kier molecular flexibility index (Phi) is 11.2. The van der Waals surface area contributed by atoms with Gasteiger partial charge in [-0.3, -0.25) is 0 Å². The van der Waals surface area contributed by atoms with E-state index in [9.17, 15) is 0 Å². The lowest BCUT2D eigenvalue weighted by molar-refractivity contribution is -0.0470. The van der Waals surface area contributed by atoms with Gasteiger partial charge in [0.2, 0.25) is 0 Å². The minimum Gasteiger partial charge on any atom is -0.230 e. The summed E-state index contributed by atoms with van der Waals surface area (Å²) in [5.74, 6) is 0.862. The number of hydrogen-bond acceptors (Lipinski definition) is 3. The van der Waals surface area contributed by atoms with Crippen molar-refractivity contribution in [3.63, 3.8) is 0 Å². The molecule has 1 aliphatic heterocycles. The number of hydrazine groups is 2. The Morgan fingerprint density at radius 3 is 1.67 bits per heavy atom. The molecule has 3 heteroatoms. The van der Waals surface area contributed by atoms with Crippen molar-refractivity contribution in [2.75, 3.05) is 26.2 Å². The molecule has 0 amide bonds. The Bertz CT molecular complexity index is 188. The van der Waals surface area contributed by atoms with Gasteiger partial charge in [0.15, 0.2) is 0 Å². The van der Waals surface area contributed by atoms with Crippen LogP contribution < -0.4 is 5.53 Å². The van der Waals surface area contributed by atoms with Crippen LogP contribution in [0.3, 0.4) is 0 Å². The van der Waals surface area contributed by atoms with Crippen molar-refractivity contribution in [2.45, 2.75) is 85.0 Å². The summed E-state index contributed by atoms with van der Waals surface area (Å²) < 4.78 is 0. The fraction of sp³-hybridized carbons (Fsp3) is 1.00. The summed E-state index contributed by atoms with van der Waals surface area (Å²) in [7, 11) is 0. The van der Waals surface area contributed by atoms with Gasteiger partial charge in [-0.05, 0) is 25.2 Å². The van der Waals surface area contributed by atoms with E-state index in [1.807, 2.05) is 0 Å². The normalized spacial score (nSPS) is 18.4. The fourth-order valence-electron chi connectivity index (χ4n) is 3.22. The van der Waals surface area contributed by atoms with Crippen LogP contribution in [0.4, 0.5) is 0 Å². The molecule has 1 N–H and O–H groups in total. The summed E-state index contributed by atoms with van der Waals surface area (Å²) in [6.45, 7) is 11.8. The van der Waals surface area contributed by atoms with Crippen molar-refractivity contribution in [3.8, 4) is 0 Å². The van der Waals surface area contributed by atoms with Crippen molar-refractivity contribution < 1.29 is 0 Å². The Morgan fingerprint density at radius 2 is 1.19 bits per heavy atom. The Hall–Kier alpha value is -0.120. The molecule has 21 heavy (non-hydrogen) atoms. The lowest BCUT2D eigenvalue weighted by Crippen LogP contribution is -2.58. The monoisotopic (exact) mass is 297 g/mol. The third-order valence-electron chi connectivity index (χ3n) is 4.52. The lowest BCUT2D eigenvalue weighted by atomic mass is 9.99. The molecule has 1 fully saturated rings. The minimum absolute atomic E-state index is 0.862. The second-order valence-electron chi connectivity index (χ2n) is 6.77. The Balaban J connectivity index is 2.35. The number of rotatable bonds is 12. The van der Waals surface area contributed by atoms with E-state index in [0.29, 0.717) is 0 Å². The Labute approximate surface area is 133 Å². The average molecular weight is 298 g/mol. The van der Waals surface area contributed by atoms with E-state index < -0.39 is 0 Å². The summed E-state index contributed by atoms with van der Waals surface area (Å²) in [5, 5.41) is 4.98. The average Bonchev–Trinajstić information content (AvgIpc) is 2.48. The van der Waals surface area contributed by atoms with Crippen LogP contribution in [-0.4, -0.2) is 36.2 Å². The Morgan fingerprint density at radius 1 is 0.714 bits per heavy atom. The molecule has 1 rings (SSSR count). The van der Waals surface area contributed by atoms with Gasteiger partial charge in [-0.25, -0.2) is 10.0 Å². The molecule has 3 nitrogen and oxygen atoms in total. The van der Waals surface area contributed by atoms with Gasteiger partial charge in [0, 0.05) is 26.2 Å². The molecule has 0 unspecified atom stereocenters. The SMILES string of the molecule is CCCCCC1CN(CCCCC)NN(CCCCC)C1. The van der Waals surface area contributed by atoms with E-state index in [0.717, 1.165) is 5.92 Å². The second-order valence-corrected chi connectivity index (χ2v) is 6.77. The summed E-state index contributed by atoms with van der Waals surface area (Å²) in [5.41, 5.74) is 3.66. The summed E-state index contributed by atoms with van der Waals surface area (Å²) >= 11 is 0. The zero-order chi connectivity index (χ0) is 15.3. The van der Waals surface area contributed by atoms with Crippen LogP contribution in [0.15, 0.2) is 0 Å². The molecule has 0 aromatic rings. The van der Waals surface area contributed by atoms with Crippen molar-refractivity contribution in [1.29, 1.82) is 0 Å². The highest BCUT2D eigenvalue weighted by molar-refractivity contribution is 4.72. The molecule has 1 heterocycles. The van der Waals surface area contributed by atoms with Crippen LogP contribution in [0.2, 0.25) is 0 Å². The van der Waals surface area contributed by atoms with Crippen LogP contribution in [0.5, 0.6) is 0 Å². The van der Waals surface area contributed by atoms with Crippen LogP contribution in [0.25, 0.3) is 0 Å². The molecular formula is C18H39N3. The zero-order valence-electron chi connectivity index (χ0n) is 14.9. The molecule has 0 bridgehead atoms. The summed E-state index contributed by atoms with van der Waals surface area (Å²) in [4.78, 5) is 0. The predicted molar refractivity (Wildman–Crippen MR) is 93.0 cm³/mol.